The molecule has 1 rings (SSSR count). The smallest absolute Gasteiger partial charge is 0.220 e. The number of unbranched alkanes of at least 4 members (excludes halogenated alkanes) is 47. The normalized spacial score (nSPS) is 18.7. The van der Waals surface area contributed by atoms with E-state index >= 15 is 0 Å². The second-order valence-corrected chi connectivity index (χ2v) is 24.3. The Balaban J connectivity index is 2.07. The Hall–Kier alpha value is -1.59. The fourth-order valence-electron chi connectivity index (χ4n) is 11.3. The molecule has 1 heterocycles. The predicted molar refractivity (Wildman–Crippen MR) is 337 cm³/mol. The highest BCUT2D eigenvalue weighted by atomic mass is 16.7. The molecule has 1 saturated heterocycles. The molecule has 1 aliphatic heterocycles. The number of ether oxygens (including phenoxy) is 2. The Morgan fingerprint density at radius 1 is 0.430 bits per heavy atom. The maximum Gasteiger partial charge on any atom is 0.220 e. The molecule has 0 radical (unpaired) electrons. The molecule has 1 amide bonds. The molecule has 6 N–H and O–H groups in total. The van der Waals surface area contributed by atoms with Gasteiger partial charge in [-0.25, -0.2) is 0 Å². The van der Waals surface area contributed by atoms with Crippen molar-refractivity contribution >= 4 is 5.91 Å². The van der Waals surface area contributed by atoms with Crippen molar-refractivity contribution in [1.82, 2.24) is 5.32 Å². The summed E-state index contributed by atoms with van der Waals surface area (Å²) < 4.78 is 11.3. The van der Waals surface area contributed by atoms with Gasteiger partial charge in [0.15, 0.2) is 6.29 Å². The van der Waals surface area contributed by atoms with E-state index in [4.69, 9.17) is 9.47 Å². The molecule has 79 heavy (non-hydrogen) atoms. The minimum absolute atomic E-state index is 0.169. The van der Waals surface area contributed by atoms with E-state index in [0.29, 0.717) is 6.42 Å². The number of rotatable bonds is 61. The van der Waals surface area contributed by atoms with Crippen LogP contribution in [0.5, 0.6) is 0 Å². The van der Waals surface area contributed by atoms with Gasteiger partial charge in [-0.05, 0) is 51.4 Å². The molecule has 7 unspecified atom stereocenters. The summed E-state index contributed by atoms with van der Waals surface area (Å²) in [5, 5.41) is 54.7. The number of aliphatic hydroxyl groups is 5. The van der Waals surface area contributed by atoms with E-state index in [1.54, 1.807) is 6.08 Å². The minimum atomic E-state index is -1.57. The Morgan fingerprint density at radius 3 is 1.09 bits per heavy atom. The largest absolute Gasteiger partial charge is 0.394 e. The molecule has 0 aromatic carbocycles. The van der Waals surface area contributed by atoms with Crippen molar-refractivity contribution in [2.24, 2.45) is 0 Å². The monoisotopic (exact) mass is 1120 g/mol. The molecule has 9 heteroatoms. The van der Waals surface area contributed by atoms with Gasteiger partial charge >= 0.3 is 0 Å². The van der Waals surface area contributed by atoms with E-state index in [1.165, 1.54) is 283 Å². The quantitative estimate of drug-likeness (QED) is 0.0261. The van der Waals surface area contributed by atoms with Gasteiger partial charge in [-0.15, -0.1) is 0 Å². The van der Waals surface area contributed by atoms with Crippen LogP contribution in [0.4, 0.5) is 0 Å². The Kier molecular flexibility index (Phi) is 56.9. The fourth-order valence-corrected chi connectivity index (χ4v) is 11.3. The highest BCUT2D eigenvalue weighted by Crippen LogP contribution is 2.23. The summed E-state index contributed by atoms with van der Waals surface area (Å²) in [6.07, 6.45) is 72.6. The van der Waals surface area contributed by atoms with Gasteiger partial charge in [-0.2, -0.15) is 0 Å². The summed E-state index contributed by atoms with van der Waals surface area (Å²) in [7, 11) is 0. The maximum atomic E-state index is 13.1. The van der Waals surface area contributed by atoms with Crippen molar-refractivity contribution in [1.29, 1.82) is 0 Å². The number of amides is 1. The number of aliphatic hydroxyl groups excluding tert-OH is 5. The second kappa shape index (κ2) is 59.6. The maximum absolute atomic E-state index is 13.1. The van der Waals surface area contributed by atoms with E-state index in [0.717, 1.165) is 44.9 Å². The van der Waals surface area contributed by atoms with Gasteiger partial charge in [0.25, 0.3) is 0 Å². The SMILES string of the molecule is CCCCCCC/C=C\C/C=C\CCCCCCCCCCCCCCCCCCCCCCCCCCCC(=O)NC(COC1OC(CO)C(O)C(O)C1O)C(O)/C=C/CCCCCCCCCCCCCCCCCCC. The lowest BCUT2D eigenvalue weighted by Crippen LogP contribution is -2.60. The van der Waals surface area contributed by atoms with Crippen molar-refractivity contribution in [3.63, 3.8) is 0 Å². The molecule has 9 nitrogen and oxygen atoms in total. The van der Waals surface area contributed by atoms with Crippen LogP contribution in [0.1, 0.15) is 348 Å². The van der Waals surface area contributed by atoms with Crippen LogP contribution in [0.2, 0.25) is 0 Å². The van der Waals surface area contributed by atoms with E-state index < -0.39 is 49.5 Å². The molecule has 7 atom stereocenters. The molecule has 1 aliphatic rings. The molecule has 0 bridgehead atoms. The van der Waals surface area contributed by atoms with Gasteiger partial charge in [0.05, 0.1) is 25.4 Å². The number of hydrogen-bond donors (Lipinski definition) is 6. The van der Waals surface area contributed by atoms with Crippen LogP contribution in [0.3, 0.4) is 0 Å². The summed E-state index contributed by atoms with van der Waals surface area (Å²) in [4.78, 5) is 13.1. The van der Waals surface area contributed by atoms with Gasteiger partial charge in [0, 0.05) is 6.42 Å². The highest BCUT2D eigenvalue weighted by Gasteiger charge is 2.44. The molecule has 0 aromatic heterocycles. The molecule has 0 saturated carbocycles. The molecule has 466 valence electrons. The lowest BCUT2D eigenvalue weighted by molar-refractivity contribution is -0.302. The Morgan fingerprint density at radius 2 is 0.747 bits per heavy atom. The van der Waals surface area contributed by atoms with E-state index in [-0.39, 0.29) is 12.5 Å². The third kappa shape index (κ3) is 48.5. The van der Waals surface area contributed by atoms with Gasteiger partial charge in [-0.1, -0.05) is 326 Å². The van der Waals surface area contributed by atoms with Crippen LogP contribution in [0.15, 0.2) is 36.5 Å². The van der Waals surface area contributed by atoms with Crippen LogP contribution in [0, 0.1) is 0 Å². The van der Waals surface area contributed by atoms with Crippen molar-refractivity contribution in [2.75, 3.05) is 13.2 Å². The van der Waals surface area contributed by atoms with E-state index in [1.807, 2.05) is 6.08 Å². The average molecular weight is 1120 g/mol. The van der Waals surface area contributed by atoms with E-state index in [2.05, 4.69) is 43.5 Å². The van der Waals surface area contributed by atoms with E-state index in [9.17, 15) is 30.3 Å². The molecule has 1 fully saturated rings. The number of nitrogens with one attached hydrogen (secondary N) is 1. The van der Waals surface area contributed by atoms with Gasteiger partial charge < -0.3 is 40.3 Å². The van der Waals surface area contributed by atoms with Gasteiger partial charge in [-0.3, -0.25) is 4.79 Å². The number of carbonyl (C=O) groups is 1. The minimum Gasteiger partial charge on any atom is -0.394 e. The summed E-state index contributed by atoms with van der Waals surface area (Å²) >= 11 is 0. The topological polar surface area (TPSA) is 149 Å². The first-order valence-corrected chi connectivity index (χ1v) is 34.7. The first kappa shape index (κ1) is 75.4. The first-order valence-electron chi connectivity index (χ1n) is 34.7. The zero-order chi connectivity index (χ0) is 57.2. The zero-order valence-electron chi connectivity index (χ0n) is 52.2. The van der Waals surface area contributed by atoms with Gasteiger partial charge in [0.2, 0.25) is 5.91 Å². The van der Waals surface area contributed by atoms with Crippen LogP contribution >= 0.6 is 0 Å². The van der Waals surface area contributed by atoms with Crippen molar-refractivity contribution in [3.05, 3.63) is 36.5 Å². The first-order chi connectivity index (χ1) is 38.8. The molecule has 0 aromatic rings. The molecular weight excluding hydrogens is 983 g/mol. The molecule has 0 aliphatic carbocycles. The van der Waals surface area contributed by atoms with Crippen molar-refractivity contribution in [2.45, 2.75) is 391 Å². The van der Waals surface area contributed by atoms with Gasteiger partial charge in [0.1, 0.15) is 24.4 Å². The lowest BCUT2D eigenvalue weighted by Gasteiger charge is -2.40. The van der Waals surface area contributed by atoms with Crippen molar-refractivity contribution in [3.8, 4) is 0 Å². The average Bonchev–Trinajstić information content (AvgIpc) is 3.46. The standard InChI is InChI=1S/C70H133NO8/c1-3-5-7-9-11-13-15-17-19-21-23-24-25-26-27-28-29-30-31-32-33-34-35-36-37-38-39-40-42-44-46-48-50-52-54-56-58-60-66(74)71-63(62-78-70-69(77)68(76)67(75)65(61-72)79-70)64(73)59-57-55-53-51-49-47-45-43-41-22-20-18-16-14-12-10-8-6-4-2/h15,17,21,23,57,59,63-65,67-70,72-73,75-77H,3-14,16,18-20,22,24-56,58,60-62H2,1-2H3,(H,71,74)/b17-15-,23-21-,59-57+. The third-order valence-electron chi connectivity index (χ3n) is 16.7. The number of allylic oxidation sites excluding steroid dienone is 5. The lowest BCUT2D eigenvalue weighted by atomic mass is 9.99. The molecular formula is C70H133NO8. The summed E-state index contributed by atoms with van der Waals surface area (Å²) in [5.41, 5.74) is 0. The highest BCUT2D eigenvalue weighted by molar-refractivity contribution is 5.76. The van der Waals surface area contributed by atoms with Crippen molar-refractivity contribution < 1.29 is 39.8 Å². The summed E-state index contributed by atoms with van der Waals surface area (Å²) in [6, 6.07) is -0.803. The van der Waals surface area contributed by atoms with Crippen LogP contribution in [0.25, 0.3) is 0 Å². The Labute approximate surface area is 489 Å². The third-order valence-corrected chi connectivity index (χ3v) is 16.7. The van der Waals surface area contributed by atoms with Crippen LogP contribution < -0.4 is 5.32 Å². The van der Waals surface area contributed by atoms with Crippen LogP contribution in [-0.4, -0.2) is 87.5 Å². The number of carbonyl (C=O) groups excluding carboxylic acids is 1. The van der Waals surface area contributed by atoms with Crippen LogP contribution in [-0.2, 0) is 14.3 Å². The second-order valence-electron chi connectivity index (χ2n) is 24.3. The zero-order valence-corrected chi connectivity index (χ0v) is 52.2. The summed E-state index contributed by atoms with van der Waals surface area (Å²) in [5.74, 6) is -0.169. The Bertz CT molecular complexity index is 1340. The number of hydrogen-bond acceptors (Lipinski definition) is 8. The summed E-state index contributed by atoms with van der Waals surface area (Å²) in [6.45, 7) is 3.81. The fraction of sp³-hybridized carbons (Fsp3) is 0.900. The molecule has 0 spiro atoms. The predicted octanol–water partition coefficient (Wildman–Crippen LogP) is 18.6.